The highest BCUT2D eigenvalue weighted by Gasteiger charge is 2.12. The second-order valence-electron chi connectivity index (χ2n) is 6.75. The molecule has 0 atom stereocenters. The van der Waals surface area contributed by atoms with E-state index in [0.29, 0.717) is 36.3 Å². The maximum Gasteiger partial charge on any atom is 0.323 e. The van der Waals surface area contributed by atoms with E-state index in [-0.39, 0.29) is 5.69 Å². The molecule has 0 unspecified atom stereocenters. The average molecular weight is 424 g/mol. The maximum absolute atomic E-state index is 11.5. The lowest BCUT2D eigenvalue weighted by Gasteiger charge is -2.17. The number of H-pyrrole nitrogens is 2. The van der Waals surface area contributed by atoms with Crippen molar-refractivity contribution in [3.05, 3.63) is 87.3 Å². The average Bonchev–Trinajstić information content (AvgIpc) is 3.12. The number of anilines is 1. The quantitative estimate of drug-likeness (QED) is 0.368. The van der Waals surface area contributed by atoms with Crippen molar-refractivity contribution >= 4 is 28.3 Å². The Morgan fingerprint density at radius 2 is 1.73 bits per heavy atom. The normalized spacial score (nSPS) is 10.9. The van der Waals surface area contributed by atoms with E-state index in [4.69, 9.17) is 21.1 Å². The summed E-state index contributed by atoms with van der Waals surface area (Å²) in [6.45, 7) is 3.35. The number of para-hydroxylation sites is 1. The number of hydrogen-bond donors (Lipinski definition) is 3. The summed E-state index contributed by atoms with van der Waals surface area (Å²) in [5, 5.41) is 4.05. The number of rotatable bonds is 8. The summed E-state index contributed by atoms with van der Waals surface area (Å²) in [6, 6.07) is 19.1. The Balaban J connectivity index is 1.55. The van der Waals surface area contributed by atoms with Crippen molar-refractivity contribution in [1.29, 1.82) is 0 Å². The molecule has 0 radical (unpaired) electrons. The number of nitrogens with one attached hydrogen (secondary N) is 3. The largest absolute Gasteiger partial charge is 0.490 e. The Kier molecular flexibility index (Phi) is 5.95. The van der Waals surface area contributed by atoms with Crippen molar-refractivity contribution in [3.63, 3.8) is 0 Å². The molecule has 3 aromatic carbocycles. The number of hydrogen-bond acceptors (Lipinski definition) is 4. The Labute approximate surface area is 178 Å². The van der Waals surface area contributed by atoms with E-state index in [9.17, 15) is 4.79 Å². The lowest BCUT2D eigenvalue weighted by molar-refractivity contribution is 0.267. The monoisotopic (exact) mass is 423 g/mol. The lowest BCUT2D eigenvalue weighted by Crippen LogP contribution is -2.06. The summed E-state index contributed by atoms with van der Waals surface area (Å²) in [5.74, 6) is 1.37. The molecule has 0 aliphatic heterocycles. The van der Waals surface area contributed by atoms with Crippen LogP contribution in [0.2, 0.25) is 5.02 Å². The molecule has 4 rings (SSSR count). The van der Waals surface area contributed by atoms with E-state index in [2.05, 4.69) is 15.3 Å². The molecule has 0 saturated carbocycles. The van der Waals surface area contributed by atoms with Crippen LogP contribution in [0.1, 0.15) is 18.1 Å². The zero-order valence-corrected chi connectivity index (χ0v) is 17.3. The van der Waals surface area contributed by atoms with Crippen LogP contribution in [0.3, 0.4) is 0 Å². The van der Waals surface area contributed by atoms with Gasteiger partial charge < -0.3 is 24.8 Å². The highest BCUT2D eigenvalue weighted by Crippen LogP contribution is 2.33. The lowest BCUT2D eigenvalue weighted by atomic mass is 10.1. The van der Waals surface area contributed by atoms with Gasteiger partial charge >= 0.3 is 5.69 Å². The van der Waals surface area contributed by atoms with Gasteiger partial charge in [-0.2, -0.15) is 0 Å². The van der Waals surface area contributed by atoms with Crippen LogP contribution in [-0.2, 0) is 13.2 Å². The molecule has 0 fully saturated rings. The highest BCUT2D eigenvalue weighted by molar-refractivity contribution is 6.31. The fourth-order valence-corrected chi connectivity index (χ4v) is 3.43. The van der Waals surface area contributed by atoms with Gasteiger partial charge in [-0.05, 0) is 37.3 Å². The van der Waals surface area contributed by atoms with Gasteiger partial charge in [0.05, 0.1) is 17.6 Å². The molecule has 154 valence electrons. The van der Waals surface area contributed by atoms with Crippen molar-refractivity contribution in [2.24, 2.45) is 0 Å². The fourth-order valence-electron chi connectivity index (χ4n) is 3.24. The second kappa shape index (κ2) is 8.97. The minimum absolute atomic E-state index is 0.221. The van der Waals surface area contributed by atoms with Gasteiger partial charge in [-0.15, -0.1) is 0 Å². The molecule has 30 heavy (non-hydrogen) atoms. The summed E-state index contributed by atoms with van der Waals surface area (Å²) in [7, 11) is 0. The Morgan fingerprint density at radius 1 is 0.933 bits per heavy atom. The van der Waals surface area contributed by atoms with Crippen LogP contribution in [-0.4, -0.2) is 16.6 Å². The first-order valence-electron chi connectivity index (χ1n) is 9.71. The number of ether oxygens (including phenoxy) is 2. The van der Waals surface area contributed by atoms with E-state index in [1.807, 2.05) is 67.6 Å². The zero-order chi connectivity index (χ0) is 20.9. The Morgan fingerprint density at radius 3 is 2.57 bits per heavy atom. The van der Waals surface area contributed by atoms with Gasteiger partial charge in [-0.1, -0.05) is 41.9 Å². The Bertz CT molecular complexity index is 1220. The number of imidazole rings is 1. The van der Waals surface area contributed by atoms with Gasteiger partial charge in [-0.25, -0.2) is 4.79 Å². The topological polar surface area (TPSA) is 79.1 Å². The molecule has 0 aliphatic carbocycles. The molecule has 3 N–H and O–H groups in total. The summed E-state index contributed by atoms with van der Waals surface area (Å²) < 4.78 is 11.9. The predicted octanol–water partition coefficient (Wildman–Crippen LogP) is 5.10. The number of fused-ring (bicyclic) bond motifs is 1. The van der Waals surface area contributed by atoms with E-state index >= 15 is 0 Å². The van der Waals surface area contributed by atoms with Crippen molar-refractivity contribution < 1.29 is 9.47 Å². The predicted molar refractivity (Wildman–Crippen MR) is 120 cm³/mol. The van der Waals surface area contributed by atoms with Crippen LogP contribution in [0.25, 0.3) is 11.0 Å². The zero-order valence-electron chi connectivity index (χ0n) is 16.5. The van der Waals surface area contributed by atoms with E-state index < -0.39 is 0 Å². The molecule has 1 aromatic heterocycles. The SMILES string of the molecule is CCOc1cccc(CNc2ccc3[nH]c(=O)[nH]c3c2)c1OCc1ccccc1Cl. The van der Waals surface area contributed by atoms with Crippen LogP contribution >= 0.6 is 11.6 Å². The standard InChI is InChI=1S/C23H22ClN3O3/c1-2-29-21-9-5-7-15(22(21)30-14-16-6-3-4-8-18(16)24)13-25-17-10-11-19-20(12-17)27-23(28)26-19/h3-12,25H,2,13-14H2,1H3,(H2,26,27,28). The number of aromatic amines is 2. The molecule has 0 saturated heterocycles. The first kappa shape index (κ1) is 19.9. The molecule has 0 amide bonds. The van der Waals surface area contributed by atoms with Gasteiger partial charge in [0.1, 0.15) is 6.61 Å². The van der Waals surface area contributed by atoms with Gasteiger partial charge in [0.2, 0.25) is 0 Å². The molecule has 0 bridgehead atoms. The van der Waals surface area contributed by atoms with Gasteiger partial charge in [0, 0.05) is 28.4 Å². The molecule has 1 heterocycles. The van der Waals surface area contributed by atoms with Gasteiger partial charge in [0.25, 0.3) is 0 Å². The van der Waals surface area contributed by atoms with Crippen molar-refractivity contribution in [2.45, 2.75) is 20.1 Å². The summed E-state index contributed by atoms with van der Waals surface area (Å²) in [4.78, 5) is 17.0. The summed E-state index contributed by atoms with van der Waals surface area (Å²) >= 11 is 6.27. The van der Waals surface area contributed by atoms with Crippen LogP contribution in [0, 0.1) is 0 Å². The van der Waals surface area contributed by atoms with E-state index in [1.54, 1.807) is 0 Å². The first-order valence-corrected chi connectivity index (χ1v) is 10.1. The van der Waals surface area contributed by atoms with Crippen LogP contribution in [0.5, 0.6) is 11.5 Å². The van der Waals surface area contributed by atoms with Crippen molar-refractivity contribution in [1.82, 2.24) is 9.97 Å². The smallest absolute Gasteiger partial charge is 0.323 e. The molecule has 0 spiro atoms. The van der Waals surface area contributed by atoms with Crippen LogP contribution in [0.15, 0.2) is 65.5 Å². The third kappa shape index (κ3) is 4.44. The van der Waals surface area contributed by atoms with E-state index in [0.717, 1.165) is 27.8 Å². The van der Waals surface area contributed by atoms with Crippen molar-refractivity contribution in [2.75, 3.05) is 11.9 Å². The third-order valence-corrected chi connectivity index (χ3v) is 5.06. The molecule has 6 nitrogen and oxygen atoms in total. The minimum Gasteiger partial charge on any atom is -0.490 e. The van der Waals surface area contributed by atoms with Crippen LogP contribution < -0.4 is 20.5 Å². The molecular formula is C23H22ClN3O3. The van der Waals surface area contributed by atoms with Crippen molar-refractivity contribution in [3.8, 4) is 11.5 Å². The second-order valence-corrected chi connectivity index (χ2v) is 7.16. The van der Waals surface area contributed by atoms with Gasteiger partial charge in [-0.3, -0.25) is 0 Å². The minimum atomic E-state index is -0.221. The third-order valence-electron chi connectivity index (χ3n) is 4.69. The Hall–Kier alpha value is -3.38. The summed E-state index contributed by atoms with van der Waals surface area (Å²) in [6.07, 6.45) is 0. The highest BCUT2D eigenvalue weighted by atomic mass is 35.5. The number of benzene rings is 3. The summed E-state index contributed by atoms with van der Waals surface area (Å²) in [5.41, 5.74) is 4.05. The molecule has 0 aliphatic rings. The molecule has 4 aromatic rings. The number of halogens is 1. The van der Waals surface area contributed by atoms with Crippen LogP contribution in [0.4, 0.5) is 5.69 Å². The number of aromatic nitrogens is 2. The van der Waals surface area contributed by atoms with E-state index in [1.165, 1.54) is 0 Å². The molecular weight excluding hydrogens is 402 g/mol. The van der Waals surface area contributed by atoms with Gasteiger partial charge in [0.15, 0.2) is 11.5 Å². The molecule has 7 heteroatoms. The maximum atomic E-state index is 11.5. The fraction of sp³-hybridized carbons (Fsp3) is 0.174. The first-order chi connectivity index (χ1) is 14.6.